The highest BCUT2D eigenvalue weighted by molar-refractivity contribution is 7.18. The van der Waals surface area contributed by atoms with Crippen molar-refractivity contribution < 1.29 is 10.0 Å². The van der Waals surface area contributed by atoms with Crippen molar-refractivity contribution in [2.75, 3.05) is 11.9 Å². The number of thiazole rings is 1. The smallest absolute Gasteiger partial charge is 0.293 e. The van der Waals surface area contributed by atoms with Crippen LogP contribution in [0.3, 0.4) is 0 Å². The third kappa shape index (κ3) is 2.73. The van der Waals surface area contributed by atoms with Crippen LogP contribution < -0.4 is 5.32 Å². The average Bonchev–Trinajstić information content (AvgIpc) is 2.76. The summed E-state index contributed by atoms with van der Waals surface area (Å²) in [6, 6.07) is 3.22. The summed E-state index contributed by atoms with van der Waals surface area (Å²) in [7, 11) is 0. The van der Waals surface area contributed by atoms with E-state index in [0.29, 0.717) is 12.1 Å². The van der Waals surface area contributed by atoms with E-state index < -0.39 is 10.5 Å². The summed E-state index contributed by atoms with van der Waals surface area (Å²) in [4.78, 5) is 15.2. The van der Waals surface area contributed by atoms with Crippen molar-refractivity contribution in [3.8, 4) is 0 Å². The zero-order valence-corrected chi connectivity index (χ0v) is 12.5. The normalized spacial score (nSPS) is 14.2. The highest BCUT2D eigenvalue weighted by atomic mass is 32.1. The largest absolute Gasteiger partial charge is 0.394 e. The van der Waals surface area contributed by atoms with E-state index in [1.54, 1.807) is 6.07 Å². The van der Waals surface area contributed by atoms with Crippen LogP contribution in [0.4, 0.5) is 11.4 Å². The fourth-order valence-corrected chi connectivity index (χ4v) is 2.74. The Labute approximate surface area is 120 Å². The Morgan fingerprint density at radius 2 is 2.25 bits per heavy atom. The fourth-order valence-electron chi connectivity index (χ4n) is 1.89. The molecule has 0 radical (unpaired) electrons. The lowest BCUT2D eigenvalue weighted by Gasteiger charge is -2.28. The molecule has 0 amide bonds. The lowest BCUT2D eigenvalue weighted by molar-refractivity contribution is -0.383. The predicted octanol–water partition coefficient (Wildman–Crippen LogP) is 3.09. The van der Waals surface area contributed by atoms with Crippen molar-refractivity contribution in [1.29, 1.82) is 0 Å². The number of aliphatic hydroxyl groups is 1. The van der Waals surface area contributed by atoms with Gasteiger partial charge in [-0.05, 0) is 26.3 Å². The molecule has 0 spiro atoms. The van der Waals surface area contributed by atoms with Gasteiger partial charge in [-0.2, -0.15) is 0 Å². The number of aromatic nitrogens is 1. The van der Waals surface area contributed by atoms with Gasteiger partial charge in [-0.25, -0.2) is 4.98 Å². The third-order valence-electron chi connectivity index (χ3n) is 3.38. The van der Waals surface area contributed by atoms with Gasteiger partial charge < -0.3 is 10.4 Å². The van der Waals surface area contributed by atoms with Gasteiger partial charge in [0.05, 0.1) is 32.3 Å². The number of benzene rings is 1. The number of hydrogen-bond donors (Lipinski definition) is 2. The van der Waals surface area contributed by atoms with Crippen LogP contribution in [0.15, 0.2) is 12.1 Å². The van der Waals surface area contributed by atoms with Crippen LogP contribution in [0.1, 0.15) is 25.3 Å². The lowest BCUT2D eigenvalue weighted by atomic mass is 9.99. The van der Waals surface area contributed by atoms with Gasteiger partial charge in [0.2, 0.25) is 0 Å². The summed E-state index contributed by atoms with van der Waals surface area (Å²) < 4.78 is 0.793. The van der Waals surface area contributed by atoms with Crippen molar-refractivity contribution >= 4 is 32.9 Å². The van der Waals surface area contributed by atoms with Crippen LogP contribution >= 0.6 is 11.3 Å². The van der Waals surface area contributed by atoms with E-state index in [4.69, 9.17) is 0 Å². The monoisotopic (exact) mass is 295 g/mol. The summed E-state index contributed by atoms with van der Waals surface area (Å²) in [5, 5.41) is 24.6. The molecule has 0 saturated carbocycles. The molecule has 0 aliphatic heterocycles. The van der Waals surface area contributed by atoms with E-state index in [0.717, 1.165) is 15.2 Å². The van der Waals surface area contributed by atoms with E-state index in [1.165, 1.54) is 17.4 Å². The standard InChI is InChI=1S/C13H17N3O3S/c1-4-13(3,7-17)15-9-5-10-12(20-8(2)14-10)6-11(9)16(18)19/h5-6,15,17H,4,7H2,1-3H3. The van der Waals surface area contributed by atoms with Crippen LogP contribution in [-0.4, -0.2) is 27.2 Å². The third-order valence-corrected chi connectivity index (χ3v) is 4.31. The average molecular weight is 295 g/mol. The van der Waals surface area contributed by atoms with Crippen LogP contribution in [0.5, 0.6) is 0 Å². The van der Waals surface area contributed by atoms with Crippen molar-refractivity contribution in [1.82, 2.24) is 4.98 Å². The number of aryl methyl sites for hydroxylation is 1. The number of nitrogens with one attached hydrogen (secondary N) is 1. The molecule has 108 valence electrons. The number of nitro groups is 1. The van der Waals surface area contributed by atoms with Gasteiger partial charge in [-0.1, -0.05) is 6.92 Å². The van der Waals surface area contributed by atoms with Gasteiger partial charge >= 0.3 is 0 Å². The van der Waals surface area contributed by atoms with Crippen molar-refractivity contribution in [3.05, 3.63) is 27.3 Å². The minimum atomic E-state index is -0.594. The molecule has 2 rings (SSSR count). The molecule has 2 N–H and O–H groups in total. The molecule has 0 aliphatic rings. The molecule has 1 aromatic carbocycles. The van der Waals surface area contributed by atoms with Gasteiger partial charge in [0.15, 0.2) is 0 Å². The molecule has 1 aromatic heterocycles. The summed E-state index contributed by atoms with van der Waals surface area (Å²) >= 11 is 1.43. The van der Waals surface area contributed by atoms with Crippen molar-refractivity contribution in [2.24, 2.45) is 0 Å². The Balaban J connectivity index is 2.54. The Morgan fingerprint density at radius 3 is 2.80 bits per heavy atom. The Hall–Kier alpha value is -1.73. The van der Waals surface area contributed by atoms with E-state index in [2.05, 4.69) is 10.3 Å². The quantitative estimate of drug-likeness (QED) is 0.653. The number of nitrogens with zero attached hydrogens (tertiary/aromatic N) is 2. The maximum atomic E-state index is 11.2. The Kier molecular flexibility index (Phi) is 3.92. The van der Waals surface area contributed by atoms with Crippen LogP contribution in [-0.2, 0) is 0 Å². The highest BCUT2D eigenvalue weighted by Gasteiger charge is 2.25. The molecule has 1 unspecified atom stereocenters. The van der Waals surface area contributed by atoms with Gasteiger partial charge in [0, 0.05) is 6.07 Å². The lowest BCUT2D eigenvalue weighted by Crippen LogP contribution is -2.38. The Bertz CT molecular complexity index is 650. The number of aliphatic hydroxyl groups excluding tert-OH is 1. The zero-order chi connectivity index (χ0) is 14.9. The molecule has 1 heterocycles. The number of anilines is 1. The SMILES string of the molecule is CCC(C)(CO)Nc1cc2nc(C)sc2cc1[N+](=O)[O-]. The molecule has 20 heavy (non-hydrogen) atoms. The molecule has 0 saturated heterocycles. The number of nitro benzene ring substituents is 1. The predicted molar refractivity (Wildman–Crippen MR) is 80.4 cm³/mol. The summed E-state index contributed by atoms with van der Waals surface area (Å²) in [5.74, 6) is 0. The van der Waals surface area contributed by atoms with Gasteiger partial charge in [-0.3, -0.25) is 10.1 Å². The maximum absolute atomic E-state index is 11.2. The van der Waals surface area contributed by atoms with Crippen LogP contribution in [0.25, 0.3) is 10.2 Å². The highest BCUT2D eigenvalue weighted by Crippen LogP contribution is 2.34. The number of fused-ring (bicyclic) bond motifs is 1. The zero-order valence-electron chi connectivity index (χ0n) is 11.6. The molecule has 0 bridgehead atoms. The minimum Gasteiger partial charge on any atom is -0.394 e. The van der Waals surface area contributed by atoms with E-state index in [-0.39, 0.29) is 12.3 Å². The first-order valence-corrected chi connectivity index (χ1v) is 7.15. The molecule has 2 aromatic rings. The molecule has 0 aliphatic carbocycles. The molecular formula is C13H17N3O3S. The molecular weight excluding hydrogens is 278 g/mol. The maximum Gasteiger partial charge on any atom is 0.293 e. The summed E-state index contributed by atoms with van der Waals surface area (Å²) in [5.41, 5.74) is 0.543. The first-order valence-electron chi connectivity index (χ1n) is 6.33. The first kappa shape index (κ1) is 14.7. The van der Waals surface area contributed by atoms with Gasteiger partial charge in [0.1, 0.15) is 5.69 Å². The number of hydrogen-bond acceptors (Lipinski definition) is 6. The van der Waals surface area contributed by atoms with E-state index >= 15 is 0 Å². The van der Waals surface area contributed by atoms with Crippen molar-refractivity contribution in [3.63, 3.8) is 0 Å². The molecule has 6 nitrogen and oxygen atoms in total. The van der Waals surface area contributed by atoms with Gasteiger partial charge in [-0.15, -0.1) is 11.3 Å². The first-order chi connectivity index (χ1) is 9.38. The molecule has 0 fully saturated rings. The van der Waals surface area contributed by atoms with Gasteiger partial charge in [0.25, 0.3) is 5.69 Å². The van der Waals surface area contributed by atoms with Crippen LogP contribution in [0.2, 0.25) is 0 Å². The minimum absolute atomic E-state index is 0.00859. The van der Waals surface area contributed by atoms with E-state index in [1.807, 2.05) is 20.8 Å². The summed E-state index contributed by atoms with van der Waals surface area (Å²) in [6.45, 7) is 5.51. The van der Waals surface area contributed by atoms with E-state index in [9.17, 15) is 15.2 Å². The molecule has 7 heteroatoms. The molecule has 1 atom stereocenters. The second kappa shape index (κ2) is 5.34. The second-order valence-electron chi connectivity index (χ2n) is 5.02. The fraction of sp³-hybridized carbons (Fsp3) is 0.462. The van der Waals surface area contributed by atoms with Crippen molar-refractivity contribution in [2.45, 2.75) is 32.7 Å². The van der Waals surface area contributed by atoms with Crippen LogP contribution in [0, 0.1) is 17.0 Å². The topological polar surface area (TPSA) is 88.3 Å². The number of rotatable bonds is 5. The summed E-state index contributed by atoms with van der Waals surface area (Å²) in [6.07, 6.45) is 0.648. The Morgan fingerprint density at radius 1 is 1.55 bits per heavy atom. The second-order valence-corrected chi connectivity index (χ2v) is 6.26.